The van der Waals surface area contributed by atoms with Gasteiger partial charge in [0.1, 0.15) is 5.78 Å². The van der Waals surface area contributed by atoms with Crippen LogP contribution in [-0.4, -0.2) is 23.7 Å². The average Bonchev–Trinajstić information content (AvgIpc) is 2.79. The Labute approximate surface area is 138 Å². The fourth-order valence-corrected chi connectivity index (χ4v) is 3.13. The molecule has 3 atom stereocenters. The summed E-state index contributed by atoms with van der Waals surface area (Å²) in [5.41, 5.74) is 0. The molecule has 0 spiro atoms. The number of hydrogen-bond acceptors (Lipinski definition) is 4. The van der Waals surface area contributed by atoms with E-state index in [1.54, 1.807) is 0 Å². The summed E-state index contributed by atoms with van der Waals surface area (Å²) in [6.07, 6.45) is 7.39. The van der Waals surface area contributed by atoms with Crippen LogP contribution in [0.2, 0.25) is 0 Å². The number of carboxylic acid groups (broad SMARTS) is 1. The van der Waals surface area contributed by atoms with Crippen molar-refractivity contribution in [3.8, 4) is 0 Å². The third kappa shape index (κ3) is 6.55. The van der Waals surface area contributed by atoms with Gasteiger partial charge in [-0.1, -0.05) is 32.9 Å². The molecule has 0 aromatic carbocycles. The van der Waals surface area contributed by atoms with E-state index in [1.165, 1.54) is 0 Å². The molecule has 130 valence electrons. The van der Waals surface area contributed by atoms with E-state index in [2.05, 4.69) is 5.32 Å². The molecular weight excluding hydrogens is 294 g/mol. The van der Waals surface area contributed by atoms with E-state index in [0.29, 0.717) is 25.7 Å². The van der Waals surface area contributed by atoms with Crippen molar-refractivity contribution in [1.82, 2.24) is 5.32 Å². The molecule has 5 nitrogen and oxygen atoms in total. The molecule has 0 radical (unpaired) electrons. The molecule has 1 saturated carbocycles. The standard InChI is InChI=1S/C18H29NO4/c1-4-5-6-7-14-13(8-9-16(14)20)11-17(21)19-15(18(22)23)10-12(2)3/h5-6,12-15H,4,7-11H2,1-3H3,(H,19,21)(H,22,23)/p-1/b6-5-/t13?,14?,15-/m0/s1. The fourth-order valence-electron chi connectivity index (χ4n) is 3.13. The van der Waals surface area contributed by atoms with Crippen LogP contribution in [0.15, 0.2) is 12.2 Å². The highest BCUT2D eigenvalue weighted by Gasteiger charge is 2.35. The van der Waals surface area contributed by atoms with Crippen molar-refractivity contribution < 1.29 is 19.5 Å². The second kappa shape index (κ2) is 9.48. The van der Waals surface area contributed by atoms with E-state index in [0.717, 1.165) is 6.42 Å². The summed E-state index contributed by atoms with van der Waals surface area (Å²) in [6.45, 7) is 5.83. The van der Waals surface area contributed by atoms with Crippen LogP contribution in [0.5, 0.6) is 0 Å². The average molecular weight is 322 g/mol. The van der Waals surface area contributed by atoms with Gasteiger partial charge in [-0.15, -0.1) is 0 Å². The van der Waals surface area contributed by atoms with Gasteiger partial charge in [0.05, 0.1) is 12.0 Å². The number of nitrogens with one attached hydrogen (secondary N) is 1. The quantitative estimate of drug-likeness (QED) is 0.653. The molecule has 0 aliphatic heterocycles. The lowest BCUT2D eigenvalue weighted by molar-refractivity contribution is -0.308. The summed E-state index contributed by atoms with van der Waals surface area (Å²) in [5.74, 6) is -1.30. The van der Waals surface area contributed by atoms with E-state index in [-0.39, 0.29) is 35.9 Å². The first-order valence-corrected chi connectivity index (χ1v) is 8.53. The highest BCUT2D eigenvalue weighted by molar-refractivity contribution is 5.86. The Morgan fingerprint density at radius 3 is 2.61 bits per heavy atom. The van der Waals surface area contributed by atoms with E-state index in [9.17, 15) is 19.5 Å². The van der Waals surface area contributed by atoms with Crippen molar-refractivity contribution >= 4 is 17.7 Å². The summed E-state index contributed by atoms with van der Waals surface area (Å²) >= 11 is 0. The molecule has 1 aliphatic rings. The van der Waals surface area contributed by atoms with Crippen LogP contribution in [-0.2, 0) is 14.4 Å². The zero-order valence-corrected chi connectivity index (χ0v) is 14.3. The summed E-state index contributed by atoms with van der Waals surface area (Å²) < 4.78 is 0. The molecule has 1 fully saturated rings. The number of hydrogen-bond donors (Lipinski definition) is 1. The molecule has 1 N–H and O–H groups in total. The van der Waals surface area contributed by atoms with Crippen molar-refractivity contribution in [2.24, 2.45) is 17.8 Å². The monoisotopic (exact) mass is 322 g/mol. The molecule has 1 rings (SSSR count). The SMILES string of the molecule is CC/C=C\CC1C(=O)CCC1CC(=O)N[C@@H](CC(C)C)C(=O)[O-]. The molecule has 0 bridgehead atoms. The number of rotatable bonds is 9. The van der Waals surface area contributed by atoms with Gasteiger partial charge in [-0.05, 0) is 37.5 Å². The second-order valence-electron chi connectivity index (χ2n) is 6.76. The van der Waals surface area contributed by atoms with Gasteiger partial charge in [-0.2, -0.15) is 0 Å². The molecule has 1 amide bonds. The number of allylic oxidation sites excluding steroid dienone is 2. The number of carboxylic acids is 1. The zero-order valence-electron chi connectivity index (χ0n) is 14.3. The highest BCUT2D eigenvalue weighted by Crippen LogP contribution is 2.34. The van der Waals surface area contributed by atoms with Gasteiger partial charge in [0.25, 0.3) is 0 Å². The van der Waals surface area contributed by atoms with Crippen molar-refractivity contribution in [1.29, 1.82) is 0 Å². The Hall–Kier alpha value is -1.65. The first-order chi connectivity index (χ1) is 10.8. The molecular formula is C18H28NO4-. The Bertz CT molecular complexity index is 456. The number of Topliss-reactive ketones (excluding diaryl/α,β-unsaturated/α-hetero) is 1. The van der Waals surface area contributed by atoms with Gasteiger partial charge in [-0.25, -0.2) is 0 Å². The van der Waals surface area contributed by atoms with Crippen LogP contribution in [0, 0.1) is 17.8 Å². The Balaban J connectivity index is 2.58. The lowest BCUT2D eigenvalue weighted by Gasteiger charge is -2.23. The van der Waals surface area contributed by atoms with E-state index in [4.69, 9.17) is 0 Å². The number of aliphatic carboxylic acids is 1. The van der Waals surface area contributed by atoms with Gasteiger partial charge >= 0.3 is 0 Å². The Kier molecular flexibility index (Phi) is 8.00. The number of ketones is 1. The number of carbonyl (C=O) groups is 3. The van der Waals surface area contributed by atoms with Crippen molar-refractivity contribution in [3.05, 3.63) is 12.2 Å². The van der Waals surface area contributed by atoms with Gasteiger partial charge in [-0.3, -0.25) is 9.59 Å². The van der Waals surface area contributed by atoms with Gasteiger partial charge < -0.3 is 15.2 Å². The predicted molar refractivity (Wildman–Crippen MR) is 86.3 cm³/mol. The van der Waals surface area contributed by atoms with Crippen LogP contribution in [0.25, 0.3) is 0 Å². The molecule has 23 heavy (non-hydrogen) atoms. The van der Waals surface area contributed by atoms with Crippen molar-refractivity contribution in [2.75, 3.05) is 0 Å². The minimum absolute atomic E-state index is 0.00506. The van der Waals surface area contributed by atoms with Crippen molar-refractivity contribution in [3.63, 3.8) is 0 Å². The molecule has 2 unspecified atom stereocenters. The Morgan fingerprint density at radius 1 is 1.35 bits per heavy atom. The maximum absolute atomic E-state index is 12.1. The summed E-state index contributed by atoms with van der Waals surface area (Å²) in [4.78, 5) is 35.2. The summed E-state index contributed by atoms with van der Waals surface area (Å²) in [5, 5.41) is 13.7. The minimum Gasteiger partial charge on any atom is -0.548 e. The summed E-state index contributed by atoms with van der Waals surface area (Å²) in [6, 6.07) is -0.960. The summed E-state index contributed by atoms with van der Waals surface area (Å²) in [7, 11) is 0. The van der Waals surface area contributed by atoms with E-state index in [1.807, 2.05) is 32.9 Å². The molecule has 0 saturated heterocycles. The topological polar surface area (TPSA) is 86.3 Å². The first-order valence-electron chi connectivity index (χ1n) is 8.53. The van der Waals surface area contributed by atoms with Crippen LogP contribution in [0.4, 0.5) is 0 Å². The lowest BCUT2D eigenvalue weighted by atomic mass is 9.89. The third-order valence-corrected chi connectivity index (χ3v) is 4.31. The van der Waals surface area contributed by atoms with Crippen LogP contribution < -0.4 is 10.4 Å². The van der Waals surface area contributed by atoms with Crippen LogP contribution in [0.3, 0.4) is 0 Å². The third-order valence-electron chi connectivity index (χ3n) is 4.31. The normalized spacial score (nSPS) is 22.7. The smallest absolute Gasteiger partial charge is 0.220 e. The van der Waals surface area contributed by atoms with Gasteiger partial charge in [0.2, 0.25) is 5.91 Å². The minimum atomic E-state index is -1.25. The Morgan fingerprint density at radius 2 is 2.04 bits per heavy atom. The zero-order chi connectivity index (χ0) is 17.4. The molecule has 0 aromatic heterocycles. The maximum atomic E-state index is 12.1. The maximum Gasteiger partial charge on any atom is 0.220 e. The van der Waals surface area contributed by atoms with Crippen LogP contribution >= 0.6 is 0 Å². The largest absolute Gasteiger partial charge is 0.548 e. The molecule has 1 aliphatic carbocycles. The van der Waals surface area contributed by atoms with Gasteiger partial charge in [0.15, 0.2) is 0 Å². The molecule has 0 heterocycles. The fraction of sp³-hybridized carbons (Fsp3) is 0.722. The van der Waals surface area contributed by atoms with Crippen LogP contribution in [0.1, 0.15) is 59.3 Å². The first kappa shape index (κ1) is 19.4. The number of amides is 1. The lowest BCUT2D eigenvalue weighted by Crippen LogP contribution is -2.48. The van der Waals surface area contributed by atoms with Gasteiger partial charge in [0, 0.05) is 18.8 Å². The predicted octanol–water partition coefficient (Wildman–Crippen LogP) is 1.61. The molecule has 0 aromatic rings. The molecule has 5 heteroatoms. The van der Waals surface area contributed by atoms with E-state index >= 15 is 0 Å². The second-order valence-corrected chi connectivity index (χ2v) is 6.76. The highest BCUT2D eigenvalue weighted by atomic mass is 16.4. The van der Waals surface area contributed by atoms with E-state index < -0.39 is 12.0 Å². The number of carbonyl (C=O) groups excluding carboxylic acids is 3. The van der Waals surface area contributed by atoms with Crippen molar-refractivity contribution in [2.45, 2.75) is 65.3 Å².